The summed E-state index contributed by atoms with van der Waals surface area (Å²) in [7, 11) is 1.63. The van der Waals surface area contributed by atoms with Crippen LogP contribution in [-0.4, -0.2) is 44.2 Å². The Balaban J connectivity index is 1.75. The van der Waals surface area contributed by atoms with E-state index in [0.29, 0.717) is 38.4 Å². The van der Waals surface area contributed by atoms with Gasteiger partial charge in [0, 0.05) is 25.2 Å². The number of morpholine rings is 1. The molecular formula is C19H22N2O3. The molecule has 0 saturated carbocycles. The largest absolute Gasteiger partial charge is 0.495 e. The summed E-state index contributed by atoms with van der Waals surface area (Å²) in [5.74, 6) is 0.758. The third-order valence-corrected chi connectivity index (χ3v) is 4.07. The number of carbonyl (C=O) groups is 1. The number of amides is 1. The highest BCUT2D eigenvalue weighted by Gasteiger charge is 2.19. The average Bonchev–Trinajstić information content (AvgIpc) is 2.67. The number of ether oxygens (including phenoxy) is 2. The van der Waals surface area contributed by atoms with E-state index in [1.165, 1.54) is 5.56 Å². The molecule has 0 aliphatic carbocycles. The Bertz CT molecular complexity index is 682. The lowest BCUT2D eigenvalue weighted by Crippen LogP contribution is -2.40. The van der Waals surface area contributed by atoms with E-state index in [2.05, 4.69) is 17.4 Å². The number of rotatable bonds is 5. The molecule has 0 radical (unpaired) electrons. The second-order valence-corrected chi connectivity index (χ2v) is 5.66. The molecule has 1 aliphatic heterocycles. The van der Waals surface area contributed by atoms with Crippen molar-refractivity contribution in [3.05, 3.63) is 59.7 Å². The van der Waals surface area contributed by atoms with E-state index in [9.17, 15) is 4.79 Å². The van der Waals surface area contributed by atoms with Crippen LogP contribution in [-0.2, 0) is 11.3 Å². The highest BCUT2D eigenvalue weighted by molar-refractivity contribution is 5.95. The SMILES string of the molecule is COc1ccc(C(=O)N2CCOCC2)cc1NCc1ccccc1. The average molecular weight is 326 g/mol. The molecule has 1 heterocycles. The van der Waals surface area contributed by atoms with E-state index in [1.807, 2.05) is 41.3 Å². The first-order valence-electron chi connectivity index (χ1n) is 8.11. The smallest absolute Gasteiger partial charge is 0.254 e. The van der Waals surface area contributed by atoms with Gasteiger partial charge in [0.1, 0.15) is 5.75 Å². The van der Waals surface area contributed by atoms with Gasteiger partial charge in [-0.2, -0.15) is 0 Å². The van der Waals surface area contributed by atoms with Gasteiger partial charge in [-0.05, 0) is 23.8 Å². The van der Waals surface area contributed by atoms with Crippen LogP contribution in [0.5, 0.6) is 5.75 Å². The van der Waals surface area contributed by atoms with Gasteiger partial charge in [0.15, 0.2) is 0 Å². The van der Waals surface area contributed by atoms with Crippen LogP contribution in [0.25, 0.3) is 0 Å². The van der Waals surface area contributed by atoms with Crippen LogP contribution in [0.1, 0.15) is 15.9 Å². The topological polar surface area (TPSA) is 50.8 Å². The monoisotopic (exact) mass is 326 g/mol. The van der Waals surface area contributed by atoms with E-state index in [1.54, 1.807) is 7.11 Å². The fourth-order valence-electron chi connectivity index (χ4n) is 2.72. The molecule has 5 heteroatoms. The highest BCUT2D eigenvalue weighted by Crippen LogP contribution is 2.27. The minimum Gasteiger partial charge on any atom is -0.495 e. The van der Waals surface area contributed by atoms with Crippen molar-refractivity contribution in [2.24, 2.45) is 0 Å². The predicted molar refractivity (Wildman–Crippen MR) is 93.5 cm³/mol. The molecular weight excluding hydrogens is 304 g/mol. The summed E-state index contributed by atoms with van der Waals surface area (Å²) in [6, 6.07) is 15.6. The van der Waals surface area contributed by atoms with Gasteiger partial charge >= 0.3 is 0 Å². The molecule has 2 aromatic carbocycles. The zero-order valence-electron chi connectivity index (χ0n) is 13.8. The minimum absolute atomic E-state index is 0.0312. The maximum absolute atomic E-state index is 12.6. The van der Waals surface area contributed by atoms with Gasteiger partial charge < -0.3 is 19.7 Å². The van der Waals surface area contributed by atoms with Crippen molar-refractivity contribution in [2.45, 2.75) is 6.54 Å². The normalized spacial score (nSPS) is 14.3. The van der Waals surface area contributed by atoms with E-state index in [-0.39, 0.29) is 5.91 Å². The van der Waals surface area contributed by atoms with E-state index >= 15 is 0 Å². The number of nitrogens with zero attached hydrogens (tertiary/aromatic N) is 1. The van der Waals surface area contributed by atoms with Gasteiger partial charge in [-0.1, -0.05) is 30.3 Å². The quantitative estimate of drug-likeness (QED) is 0.918. The van der Waals surface area contributed by atoms with Gasteiger partial charge in [-0.3, -0.25) is 4.79 Å². The Kier molecular flexibility index (Phi) is 5.33. The van der Waals surface area contributed by atoms with Gasteiger partial charge in [-0.25, -0.2) is 0 Å². The Morgan fingerprint density at radius 2 is 1.92 bits per heavy atom. The van der Waals surface area contributed by atoms with Crippen LogP contribution in [0.15, 0.2) is 48.5 Å². The molecule has 2 aromatic rings. The summed E-state index contributed by atoms with van der Waals surface area (Å²) in [6.07, 6.45) is 0. The van der Waals surface area contributed by atoms with Crippen LogP contribution in [0, 0.1) is 0 Å². The van der Waals surface area contributed by atoms with Gasteiger partial charge in [0.2, 0.25) is 0 Å². The Labute approximate surface area is 142 Å². The third kappa shape index (κ3) is 3.86. The fraction of sp³-hybridized carbons (Fsp3) is 0.316. The van der Waals surface area contributed by atoms with Crippen molar-refractivity contribution >= 4 is 11.6 Å². The molecule has 5 nitrogen and oxygen atoms in total. The molecule has 1 amide bonds. The van der Waals surface area contributed by atoms with Gasteiger partial charge in [0.05, 0.1) is 26.0 Å². The second-order valence-electron chi connectivity index (χ2n) is 5.66. The standard InChI is InChI=1S/C19H22N2O3/c1-23-18-8-7-16(19(22)21-9-11-24-12-10-21)13-17(18)20-14-15-5-3-2-4-6-15/h2-8,13,20H,9-12,14H2,1H3. The molecule has 1 aliphatic rings. The number of carbonyl (C=O) groups excluding carboxylic acids is 1. The summed E-state index contributed by atoms with van der Waals surface area (Å²) in [5, 5.41) is 3.36. The lowest BCUT2D eigenvalue weighted by molar-refractivity contribution is 0.0303. The van der Waals surface area contributed by atoms with Crippen molar-refractivity contribution in [1.82, 2.24) is 4.90 Å². The van der Waals surface area contributed by atoms with Crippen molar-refractivity contribution in [2.75, 3.05) is 38.7 Å². The predicted octanol–water partition coefficient (Wildman–Crippen LogP) is 2.78. The maximum Gasteiger partial charge on any atom is 0.254 e. The minimum atomic E-state index is 0.0312. The first-order chi connectivity index (χ1) is 11.8. The molecule has 1 saturated heterocycles. The molecule has 1 N–H and O–H groups in total. The summed E-state index contributed by atoms with van der Waals surface area (Å²) in [4.78, 5) is 14.5. The number of benzene rings is 2. The molecule has 0 aromatic heterocycles. The van der Waals surface area contributed by atoms with Crippen LogP contribution < -0.4 is 10.1 Å². The first kappa shape index (κ1) is 16.3. The van der Waals surface area contributed by atoms with Crippen LogP contribution in [0.2, 0.25) is 0 Å². The number of methoxy groups -OCH3 is 1. The van der Waals surface area contributed by atoms with Crippen molar-refractivity contribution < 1.29 is 14.3 Å². The third-order valence-electron chi connectivity index (χ3n) is 4.07. The number of nitrogens with one attached hydrogen (secondary N) is 1. The molecule has 126 valence electrons. The zero-order chi connectivity index (χ0) is 16.8. The van der Waals surface area contributed by atoms with Crippen LogP contribution in [0.3, 0.4) is 0 Å². The Morgan fingerprint density at radius 3 is 2.62 bits per heavy atom. The number of hydrogen-bond donors (Lipinski definition) is 1. The summed E-state index contributed by atoms with van der Waals surface area (Å²) in [5.41, 5.74) is 2.65. The van der Waals surface area contributed by atoms with Crippen LogP contribution in [0.4, 0.5) is 5.69 Å². The van der Waals surface area contributed by atoms with Gasteiger partial charge in [-0.15, -0.1) is 0 Å². The Hall–Kier alpha value is -2.53. The second kappa shape index (κ2) is 7.84. The highest BCUT2D eigenvalue weighted by atomic mass is 16.5. The maximum atomic E-state index is 12.6. The summed E-state index contributed by atoms with van der Waals surface area (Å²) in [6.45, 7) is 3.14. The van der Waals surface area contributed by atoms with Crippen molar-refractivity contribution in [3.8, 4) is 5.75 Å². The number of hydrogen-bond acceptors (Lipinski definition) is 4. The lowest BCUT2D eigenvalue weighted by Gasteiger charge is -2.27. The van der Waals surface area contributed by atoms with E-state index in [4.69, 9.17) is 9.47 Å². The molecule has 1 fully saturated rings. The fourth-order valence-corrected chi connectivity index (χ4v) is 2.72. The Morgan fingerprint density at radius 1 is 1.17 bits per heavy atom. The molecule has 0 unspecified atom stereocenters. The number of anilines is 1. The van der Waals surface area contributed by atoms with Gasteiger partial charge in [0.25, 0.3) is 5.91 Å². The molecule has 0 spiro atoms. The van der Waals surface area contributed by atoms with Crippen molar-refractivity contribution in [3.63, 3.8) is 0 Å². The molecule has 24 heavy (non-hydrogen) atoms. The zero-order valence-corrected chi connectivity index (χ0v) is 13.8. The van der Waals surface area contributed by atoms with E-state index < -0.39 is 0 Å². The summed E-state index contributed by atoms with van der Waals surface area (Å²) >= 11 is 0. The molecule has 3 rings (SSSR count). The lowest BCUT2D eigenvalue weighted by atomic mass is 10.1. The summed E-state index contributed by atoms with van der Waals surface area (Å²) < 4.78 is 10.7. The molecule has 0 atom stereocenters. The first-order valence-corrected chi connectivity index (χ1v) is 8.11. The van der Waals surface area contributed by atoms with E-state index in [0.717, 1.165) is 11.4 Å². The van der Waals surface area contributed by atoms with Crippen LogP contribution >= 0.6 is 0 Å². The molecule has 0 bridgehead atoms. The van der Waals surface area contributed by atoms with Crippen molar-refractivity contribution in [1.29, 1.82) is 0 Å².